The molecule has 1 aliphatic carbocycles. The average Bonchev–Trinajstić information content (AvgIpc) is 2.86. The van der Waals surface area contributed by atoms with E-state index in [-0.39, 0.29) is 23.7 Å². The van der Waals surface area contributed by atoms with Crippen molar-refractivity contribution in [1.29, 1.82) is 5.26 Å². The largest absolute Gasteiger partial charge is 0.368 e. The van der Waals surface area contributed by atoms with Gasteiger partial charge < -0.3 is 11.1 Å². The lowest BCUT2D eigenvalue weighted by atomic mass is 9.95. The van der Waals surface area contributed by atoms with Crippen molar-refractivity contribution in [2.45, 2.75) is 56.3 Å². The molecule has 0 saturated heterocycles. The number of nitrogens with two attached hydrogens (primary N) is 1. The molecule has 1 saturated carbocycles. The molecular formula is C13H20N6OS. The first-order valence-electron chi connectivity index (χ1n) is 7.14. The number of nitrogen functional groups attached to an aromatic ring is 1. The quantitative estimate of drug-likeness (QED) is 0.797. The maximum Gasteiger partial charge on any atom is 0.243 e. The third-order valence-electron chi connectivity index (χ3n) is 3.68. The van der Waals surface area contributed by atoms with Gasteiger partial charge in [-0.25, -0.2) is 0 Å². The molecule has 0 radical (unpaired) electrons. The molecule has 7 nitrogen and oxygen atoms in total. The lowest BCUT2D eigenvalue weighted by Gasteiger charge is -2.25. The van der Waals surface area contributed by atoms with E-state index in [4.69, 9.17) is 11.0 Å². The molecule has 0 spiro atoms. The predicted octanol–water partition coefficient (Wildman–Crippen LogP) is 1.49. The fourth-order valence-electron chi connectivity index (χ4n) is 2.53. The molecule has 3 N–H and O–H groups in total. The zero-order chi connectivity index (χ0) is 15.2. The van der Waals surface area contributed by atoms with E-state index >= 15 is 0 Å². The highest BCUT2D eigenvalue weighted by atomic mass is 32.2. The Hall–Kier alpha value is -1.75. The first-order valence-corrected chi connectivity index (χ1v) is 8.12. The van der Waals surface area contributed by atoms with E-state index in [1.165, 1.54) is 18.2 Å². The van der Waals surface area contributed by atoms with Gasteiger partial charge in [-0.3, -0.25) is 9.36 Å². The van der Waals surface area contributed by atoms with Crippen LogP contribution in [0.3, 0.4) is 0 Å². The van der Waals surface area contributed by atoms with Crippen LogP contribution in [0.25, 0.3) is 0 Å². The van der Waals surface area contributed by atoms with Gasteiger partial charge in [0.2, 0.25) is 11.9 Å². The molecular weight excluding hydrogens is 288 g/mol. The van der Waals surface area contributed by atoms with Crippen LogP contribution in [0.5, 0.6) is 0 Å². The van der Waals surface area contributed by atoms with E-state index in [1.54, 1.807) is 11.5 Å². The second-order valence-electron chi connectivity index (χ2n) is 5.18. The van der Waals surface area contributed by atoms with Gasteiger partial charge in [0.05, 0.1) is 11.8 Å². The van der Waals surface area contributed by atoms with Gasteiger partial charge in [0, 0.05) is 6.04 Å². The van der Waals surface area contributed by atoms with Crippen molar-refractivity contribution in [3.8, 4) is 6.07 Å². The SMILES string of the molecule is CC(C(=O)NC1CCCCC1)n1c(N)nnc1SCC#N. The summed E-state index contributed by atoms with van der Waals surface area (Å²) in [5.74, 6) is 0.365. The number of aromatic nitrogens is 3. The fourth-order valence-corrected chi connectivity index (χ4v) is 3.22. The summed E-state index contributed by atoms with van der Waals surface area (Å²) in [4.78, 5) is 12.4. The number of hydrogen-bond donors (Lipinski definition) is 2. The summed E-state index contributed by atoms with van der Waals surface area (Å²) < 4.78 is 1.58. The van der Waals surface area contributed by atoms with Crippen molar-refractivity contribution in [2.75, 3.05) is 11.5 Å². The summed E-state index contributed by atoms with van der Waals surface area (Å²) in [6.45, 7) is 1.77. The molecule has 21 heavy (non-hydrogen) atoms. The summed E-state index contributed by atoms with van der Waals surface area (Å²) in [6, 6.07) is 1.80. The Morgan fingerprint density at radius 1 is 1.52 bits per heavy atom. The number of rotatable bonds is 5. The Balaban J connectivity index is 2.04. The van der Waals surface area contributed by atoms with Crippen LogP contribution in [0.15, 0.2) is 5.16 Å². The third-order valence-corrected chi connectivity index (χ3v) is 4.49. The zero-order valence-electron chi connectivity index (χ0n) is 12.1. The normalized spacial score (nSPS) is 17.1. The number of nitrogens with zero attached hydrogens (tertiary/aromatic N) is 4. The monoisotopic (exact) mass is 308 g/mol. The van der Waals surface area contributed by atoms with E-state index in [2.05, 4.69) is 15.5 Å². The second kappa shape index (κ2) is 7.31. The first-order chi connectivity index (χ1) is 10.1. The molecule has 0 aliphatic heterocycles. The molecule has 1 aromatic rings. The molecule has 2 rings (SSSR count). The number of anilines is 1. The summed E-state index contributed by atoms with van der Waals surface area (Å²) in [5.41, 5.74) is 5.80. The number of thioether (sulfide) groups is 1. The van der Waals surface area contributed by atoms with Crippen molar-refractivity contribution >= 4 is 23.6 Å². The number of carbonyl (C=O) groups excluding carboxylic acids is 1. The minimum atomic E-state index is -0.483. The van der Waals surface area contributed by atoms with Gasteiger partial charge in [-0.2, -0.15) is 5.26 Å². The first kappa shape index (κ1) is 15.6. The van der Waals surface area contributed by atoms with Gasteiger partial charge >= 0.3 is 0 Å². The van der Waals surface area contributed by atoms with Crippen molar-refractivity contribution < 1.29 is 4.79 Å². The maximum absolute atomic E-state index is 12.4. The molecule has 114 valence electrons. The number of nitriles is 1. The highest BCUT2D eigenvalue weighted by Gasteiger charge is 2.24. The Bertz CT molecular complexity index is 531. The molecule has 1 unspecified atom stereocenters. The predicted molar refractivity (Wildman–Crippen MR) is 80.5 cm³/mol. The van der Waals surface area contributed by atoms with Crippen LogP contribution in [0.4, 0.5) is 5.95 Å². The zero-order valence-corrected chi connectivity index (χ0v) is 12.9. The maximum atomic E-state index is 12.4. The minimum absolute atomic E-state index is 0.0767. The van der Waals surface area contributed by atoms with Crippen LogP contribution in [0, 0.1) is 11.3 Å². The number of nitrogens with one attached hydrogen (secondary N) is 1. The van der Waals surface area contributed by atoms with Crippen molar-refractivity contribution in [3.63, 3.8) is 0 Å². The van der Waals surface area contributed by atoms with Gasteiger partial charge in [0.1, 0.15) is 6.04 Å². The van der Waals surface area contributed by atoms with Crippen LogP contribution in [0.1, 0.15) is 45.1 Å². The van der Waals surface area contributed by atoms with Gasteiger partial charge in [0.15, 0.2) is 5.16 Å². The fraction of sp³-hybridized carbons (Fsp3) is 0.692. The molecule has 1 aliphatic rings. The number of hydrogen-bond acceptors (Lipinski definition) is 6. The van der Waals surface area contributed by atoms with Gasteiger partial charge in [0.25, 0.3) is 0 Å². The van der Waals surface area contributed by atoms with E-state index < -0.39 is 6.04 Å². The van der Waals surface area contributed by atoms with Gasteiger partial charge in [-0.15, -0.1) is 10.2 Å². The Kier molecular flexibility index (Phi) is 5.44. The summed E-state index contributed by atoms with van der Waals surface area (Å²) in [6.07, 6.45) is 5.64. The van der Waals surface area contributed by atoms with E-state index in [9.17, 15) is 4.79 Å². The second-order valence-corrected chi connectivity index (χ2v) is 6.12. The van der Waals surface area contributed by atoms with E-state index in [0.29, 0.717) is 5.16 Å². The van der Waals surface area contributed by atoms with E-state index in [0.717, 1.165) is 25.7 Å². The highest BCUT2D eigenvalue weighted by molar-refractivity contribution is 7.99. The molecule has 1 aromatic heterocycles. The lowest BCUT2D eigenvalue weighted by molar-refractivity contribution is -0.124. The molecule has 1 fully saturated rings. The number of carbonyl (C=O) groups is 1. The Morgan fingerprint density at radius 3 is 2.90 bits per heavy atom. The number of amides is 1. The van der Waals surface area contributed by atoms with Crippen LogP contribution >= 0.6 is 11.8 Å². The highest BCUT2D eigenvalue weighted by Crippen LogP contribution is 2.24. The van der Waals surface area contributed by atoms with Crippen molar-refractivity contribution in [2.24, 2.45) is 0 Å². The third kappa shape index (κ3) is 3.88. The molecule has 0 aromatic carbocycles. The smallest absolute Gasteiger partial charge is 0.243 e. The van der Waals surface area contributed by atoms with Crippen LogP contribution in [-0.2, 0) is 4.79 Å². The topological polar surface area (TPSA) is 110 Å². The van der Waals surface area contributed by atoms with Gasteiger partial charge in [-0.1, -0.05) is 31.0 Å². The van der Waals surface area contributed by atoms with Gasteiger partial charge in [-0.05, 0) is 19.8 Å². The molecule has 1 heterocycles. The summed E-state index contributed by atoms with van der Waals surface area (Å²) in [7, 11) is 0. The van der Waals surface area contributed by atoms with Crippen molar-refractivity contribution in [3.05, 3.63) is 0 Å². The van der Waals surface area contributed by atoms with Crippen molar-refractivity contribution in [1.82, 2.24) is 20.1 Å². The molecule has 1 atom stereocenters. The summed E-state index contributed by atoms with van der Waals surface area (Å²) in [5, 5.41) is 19.9. The molecule has 0 bridgehead atoms. The standard InChI is InChI=1S/C13H20N6OS/c1-9(11(20)16-10-5-3-2-4-6-10)19-12(15)17-18-13(19)21-8-7-14/h9-10H,2-6,8H2,1H3,(H2,15,17)(H,16,20). The molecule has 8 heteroatoms. The molecule has 1 amide bonds. The average molecular weight is 308 g/mol. The Morgan fingerprint density at radius 2 is 2.24 bits per heavy atom. The lowest BCUT2D eigenvalue weighted by Crippen LogP contribution is -2.40. The van der Waals surface area contributed by atoms with Crippen LogP contribution in [0.2, 0.25) is 0 Å². The minimum Gasteiger partial charge on any atom is -0.368 e. The van der Waals surface area contributed by atoms with Crippen LogP contribution < -0.4 is 11.1 Å². The summed E-state index contributed by atoms with van der Waals surface area (Å²) >= 11 is 1.23. The Labute approximate surface area is 128 Å². The van der Waals surface area contributed by atoms with Crippen LogP contribution in [-0.4, -0.2) is 32.5 Å². The van der Waals surface area contributed by atoms with E-state index in [1.807, 2.05) is 6.07 Å².